The summed E-state index contributed by atoms with van der Waals surface area (Å²) >= 11 is 4.86. The van der Waals surface area contributed by atoms with Gasteiger partial charge in [0.25, 0.3) is 0 Å². The standard InChI is InChI=1S/C2H4ClNO.ClH/c3-1-2(4)5;/h1H2,(H2,4,5);1H. The molecule has 0 aliphatic carbocycles. The van der Waals surface area contributed by atoms with Crippen molar-refractivity contribution in [1.82, 2.24) is 0 Å². The van der Waals surface area contributed by atoms with Crippen LogP contribution in [0.3, 0.4) is 0 Å². The molecule has 0 atom stereocenters. The van der Waals surface area contributed by atoms with E-state index >= 15 is 0 Å². The summed E-state index contributed by atoms with van der Waals surface area (Å²) in [6, 6.07) is 0. The first kappa shape index (κ1) is 9.41. The Labute approximate surface area is 47.1 Å². The van der Waals surface area contributed by atoms with Gasteiger partial charge in [-0.2, -0.15) is 0 Å². The predicted molar refractivity (Wildman–Crippen MR) is 27.2 cm³/mol. The van der Waals surface area contributed by atoms with E-state index in [1.807, 2.05) is 0 Å². The van der Waals surface area contributed by atoms with Crippen molar-refractivity contribution < 1.29 is 4.79 Å². The number of rotatable bonds is 1. The molecule has 2 nitrogen and oxygen atoms in total. The Morgan fingerprint density at radius 1 is 1.83 bits per heavy atom. The van der Waals surface area contributed by atoms with Gasteiger partial charge < -0.3 is 5.73 Å². The highest BCUT2D eigenvalue weighted by atomic mass is 35.5. The normalized spacial score (nSPS) is 6.17. The van der Waals surface area contributed by atoms with Crippen LogP contribution in [0, 0.1) is 0 Å². The number of hydrogen-bond donors (Lipinski definition) is 1. The Hall–Kier alpha value is 0.0500. The molecule has 0 unspecified atom stereocenters. The van der Waals surface area contributed by atoms with E-state index in [9.17, 15) is 4.79 Å². The summed E-state index contributed by atoms with van der Waals surface area (Å²) in [6.07, 6.45) is 0. The van der Waals surface area contributed by atoms with Crippen LogP contribution in [0.1, 0.15) is 0 Å². The van der Waals surface area contributed by atoms with E-state index in [0.717, 1.165) is 0 Å². The Kier molecular flexibility index (Phi) is 7.92. The molecule has 0 aromatic carbocycles. The molecule has 6 heavy (non-hydrogen) atoms. The Balaban J connectivity index is 0. The molecule has 0 bridgehead atoms. The highest BCUT2D eigenvalue weighted by molar-refractivity contribution is 6.27. The van der Waals surface area contributed by atoms with Crippen LogP contribution in [0.25, 0.3) is 0 Å². The first-order valence-electron chi connectivity index (χ1n) is 1.11. The minimum atomic E-state index is -0.480. The number of amides is 1. The molecule has 0 aliphatic heterocycles. The highest BCUT2D eigenvalue weighted by Gasteiger charge is 1.79. The van der Waals surface area contributed by atoms with Crippen LogP contribution >= 0.6 is 24.0 Å². The third-order valence-corrected chi connectivity index (χ3v) is 0.395. The molecule has 38 valence electrons. The van der Waals surface area contributed by atoms with Crippen LogP contribution in [0.5, 0.6) is 0 Å². The number of carbonyl (C=O) groups excluding carboxylic acids is 1. The van der Waals surface area contributed by atoms with Gasteiger partial charge >= 0.3 is 0 Å². The van der Waals surface area contributed by atoms with Crippen molar-refractivity contribution in [2.75, 3.05) is 5.88 Å². The van der Waals surface area contributed by atoms with Crippen molar-refractivity contribution in [3.63, 3.8) is 0 Å². The predicted octanol–water partition coefficient (Wildman–Crippen LogP) is 0.132. The third-order valence-electron chi connectivity index (χ3n) is 0.132. The number of primary amides is 1. The van der Waals surface area contributed by atoms with Crippen molar-refractivity contribution in [1.29, 1.82) is 0 Å². The first-order valence-corrected chi connectivity index (χ1v) is 1.65. The van der Waals surface area contributed by atoms with Crippen molar-refractivity contribution in [2.24, 2.45) is 5.73 Å². The van der Waals surface area contributed by atoms with Crippen molar-refractivity contribution in [3.05, 3.63) is 0 Å². The summed E-state index contributed by atoms with van der Waals surface area (Å²) in [5.41, 5.74) is 4.52. The summed E-state index contributed by atoms with van der Waals surface area (Å²) in [4.78, 5) is 9.46. The van der Waals surface area contributed by atoms with Crippen LogP contribution in [-0.4, -0.2) is 11.8 Å². The molecule has 0 rings (SSSR count). The topological polar surface area (TPSA) is 43.1 Å². The third kappa shape index (κ3) is 8.96. The average molecular weight is 130 g/mol. The summed E-state index contributed by atoms with van der Waals surface area (Å²) in [5.74, 6) is -0.563. The Morgan fingerprint density at radius 3 is 2.00 bits per heavy atom. The van der Waals surface area contributed by atoms with Gasteiger partial charge in [0.15, 0.2) is 0 Å². The molecule has 0 heterocycles. The minimum absolute atomic E-state index is 0. The highest BCUT2D eigenvalue weighted by Crippen LogP contribution is 1.64. The fourth-order valence-corrected chi connectivity index (χ4v) is 0. The zero-order valence-electron chi connectivity index (χ0n) is 2.98. The molecule has 4 heteroatoms. The van der Waals surface area contributed by atoms with E-state index in [1.54, 1.807) is 0 Å². The fraction of sp³-hybridized carbons (Fsp3) is 0.500. The quantitative estimate of drug-likeness (QED) is 0.503. The Bertz CT molecular complexity index is 46.8. The van der Waals surface area contributed by atoms with Gasteiger partial charge in [-0.1, -0.05) is 0 Å². The summed E-state index contributed by atoms with van der Waals surface area (Å²) in [6.45, 7) is 0. The monoisotopic (exact) mass is 129 g/mol. The lowest BCUT2D eigenvalue weighted by atomic mass is 10.8. The van der Waals surface area contributed by atoms with Crippen molar-refractivity contribution in [3.8, 4) is 0 Å². The molecule has 0 spiro atoms. The van der Waals surface area contributed by atoms with Gasteiger partial charge in [0.2, 0.25) is 5.91 Å². The van der Waals surface area contributed by atoms with Gasteiger partial charge in [0.1, 0.15) is 5.88 Å². The summed E-state index contributed by atoms with van der Waals surface area (Å²) in [5, 5.41) is 0. The number of hydrogen-bond acceptors (Lipinski definition) is 1. The van der Waals surface area contributed by atoms with E-state index in [4.69, 9.17) is 11.6 Å². The van der Waals surface area contributed by atoms with E-state index in [-0.39, 0.29) is 18.3 Å². The SMILES string of the molecule is Cl.NC(=O)CCl. The second kappa shape index (κ2) is 5.05. The number of alkyl halides is 1. The molecule has 1 amide bonds. The van der Waals surface area contributed by atoms with Crippen LogP contribution in [0.4, 0.5) is 0 Å². The molecule has 0 aromatic heterocycles. The number of halogens is 2. The van der Waals surface area contributed by atoms with Gasteiger partial charge in [-0.25, -0.2) is 0 Å². The molecule has 0 aromatic rings. The van der Waals surface area contributed by atoms with Crippen LogP contribution in [-0.2, 0) is 4.79 Å². The zero-order chi connectivity index (χ0) is 4.28. The van der Waals surface area contributed by atoms with Gasteiger partial charge in [0.05, 0.1) is 0 Å². The molecule has 2 N–H and O–H groups in total. The molecular weight excluding hydrogens is 125 g/mol. The number of carbonyl (C=O) groups is 1. The molecule has 0 saturated carbocycles. The average Bonchev–Trinajstić information content (AvgIpc) is 1.38. The zero-order valence-corrected chi connectivity index (χ0v) is 4.55. The lowest BCUT2D eigenvalue weighted by molar-refractivity contribution is -0.115. The minimum Gasteiger partial charge on any atom is -0.369 e. The maximum absolute atomic E-state index is 9.46. The second-order valence-electron chi connectivity index (χ2n) is 0.600. The Morgan fingerprint density at radius 2 is 2.00 bits per heavy atom. The van der Waals surface area contributed by atoms with E-state index in [1.165, 1.54) is 0 Å². The van der Waals surface area contributed by atoms with Crippen LogP contribution in [0.15, 0.2) is 0 Å². The maximum Gasteiger partial charge on any atom is 0.232 e. The van der Waals surface area contributed by atoms with E-state index < -0.39 is 5.91 Å². The number of nitrogens with two attached hydrogens (primary N) is 1. The smallest absolute Gasteiger partial charge is 0.232 e. The second-order valence-corrected chi connectivity index (χ2v) is 0.867. The summed E-state index contributed by atoms with van der Waals surface area (Å²) < 4.78 is 0. The molecule has 0 saturated heterocycles. The molecular formula is C2H5Cl2NO. The fourth-order valence-electron chi connectivity index (χ4n) is 0. The molecule has 0 aliphatic rings. The van der Waals surface area contributed by atoms with Gasteiger partial charge in [-0.15, -0.1) is 24.0 Å². The lowest BCUT2D eigenvalue weighted by Gasteiger charge is -1.71. The van der Waals surface area contributed by atoms with Gasteiger partial charge in [-0.05, 0) is 0 Å². The molecule has 0 fully saturated rings. The maximum atomic E-state index is 9.46. The summed E-state index contributed by atoms with van der Waals surface area (Å²) in [7, 11) is 0. The van der Waals surface area contributed by atoms with E-state index in [0.29, 0.717) is 0 Å². The van der Waals surface area contributed by atoms with Gasteiger partial charge in [0, 0.05) is 0 Å². The van der Waals surface area contributed by atoms with Crippen LogP contribution < -0.4 is 5.73 Å². The largest absolute Gasteiger partial charge is 0.369 e. The van der Waals surface area contributed by atoms with Gasteiger partial charge in [-0.3, -0.25) is 4.79 Å². The molecule has 0 radical (unpaired) electrons. The van der Waals surface area contributed by atoms with Crippen LogP contribution in [0.2, 0.25) is 0 Å². The van der Waals surface area contributed by atoms with Crippen molar-refractivity contribution >= 4 is 29.9 Å². The van der Waals surface area contributed by atoms with E-state index in [2.05, 4.69) is 5.73 Å². The van der Waals surface area contributed by atoms with Crippen molar-refractivity contribution in [2.45, 2.75) is 0 Å². The first-order chi connectivity index (χ1) is 2.27. The lowest BCUT2D eigenvalue weighted by Crippen LogP contribution is -2.10.